The van der Waals surface area contributed by atoms with Crippen LogP contribution in [-0.4, -0.2) is 27.1 Å². The Kier molecular flexibility index (Phi) is 4.58. The van der Waals surface area contributed by atoms with E-state index in [4.69, 9.17) is 16.7 Å². The van der Waals surface area contributed by atoms with Gasteiger partial charge in [0.25, 0.3) is 0 Å². The third-order valence-electron chi connectivity index (χ3n) is 3.61. The molecular weight excluding hydrogens is 266 g/mol. The summed E-state index contributed by atoms with van der Waals surface area (Å²) in [6.07, 6.45) is 5.35. The lowest BCUT2D eigenvalue weighted by atomic mass is 9.86. The number of anilines is 1. The van der Waals surface area contributed by atoms with Crippen molar-refractivity contribution in [2.45, 2.75) is 45.1 Å². The number of nitrogens with zero attached hydrogens (tertiary/aromatic N) is 2. The zero-order valence-electron chi connectivity index (χ0n) is 10.9. The number of hydrogen-bond acceptors (Lipinski definition) is 4. The maximum atomic E-state index is 10.9. The molecule has 5 nitrogen and oxygen atoms in total. The van der Waals surface area contributed by atoms with Crippen LogP contribution in [0.3, 0.4) is 0 Å². The lowest BCUT2D eigenvalue weighted by molar-refractivity contribution is -0.142. The average molecular weight is 284 g/mol. The lowest BCUT2D eigenvalue weighted by Gasteiger charge is -2.27. The summed E-state index contributed by atoms with van der Waals surface area (Å²) in [5.41, 5.74) is 0.832. The first kappa shape index (κ1) is 14.1. The molecule has 2 N–H and O–H groups in total. The highest BCUT2D eigenvalue weighted by Gasteiger charge is 2.26. The predicted molar refractivity (Wildman–Crippen MR) is 73.4 cm³/mol. The molecule has 2 rings (SSSR count). The van der Waals surface area contributed by atoms with E-state index in [-0.39, 0.29) is 12.0 Å². The van der Waals surface area contributed by atoms with Crippen LogP contribution < -0.4 is 5.32 Å². The smallest absolute Gasteiger partial charge is 0.306 e. The second kappa shape index (κ2) is 6.19. The highest BCUT2D eigenvalue weighted by Crippen LogP contribution is 2.29. The molecule has 0 radical (unpaired) electrons. The molecule has 1 heterocycles. The van der Waals surface area contributed by atoms with Crippen molar-refractivity contribution in [3.63, 3.8) is 0 Å². The molecule has 0 amide bonds. The molecular formula is C13H18ClN3O2. The molecule has 104 valence electrons. The van der Waals surface area contributed by atoms with Gasteiger partial charge < -0.3 is 10.4 Å². The van der Waals surface area contributed by atoms with Crippen molar-refractivity contribution in [3.05, 3.63) is 17.0 Å². The Balaban J connectivity index is 1.98. The van der Waals surface area contributed by atoms with E-state index in [1.54, 1.807) is 0 Å². The molecule has 0 spiro atoms. The standard InChI is InChI=1S/C13H18ClN3O2/c1-2-10-11(14)12(16-7-15-10)17-9-5-3-8(4-6-9)13(18)19/h7-9H,2-6H2,1H3,(H,18,19)(H,15,16,17). The zero-order valence-corrected chi connectivity index (χ0v) is 11.7. The van der Waals surface area contributed by atoms with Gasteiger partial charge in [-0.3, -0.25) is 4.79 Å². The second-order valence-electron chi connectivity index (χ2n) is 4.87. The molecule has 1 saturated carbocycles. The minimum Gasteiger partial charge on any atom is -0.481 e. The van der Waals surface area contributed by atoms with E-state index in [2.05, 4.69) is 15.3 Å². The monoisotopic (exact) mass is 283 g/mol. The van der Waals surface area contributed by atoms with Gasteiger partial charge in [-0.25, -0.2) is 9.97 Å². The van der Waals surface area contributed by atoms with Gasteiger partial charge in [-0.15, -0.1) is 0 Å². The van der Waals surface area contributed by atoms with Gasteiger partial charge in [-0.1, -0.05) is 18.5 Å². The molecule has 0 bridgehead atoms. The summed E-state index contributed by atoms with van der Waals surface area (Å²) in [5, 5.41) is 12.8. The third-order valence-corrected chi connectivity index (χ3v) is 4.01. The van der Waals surface area contributed by atoms with Crippen molar-refractivity contribution >= 4 is 23.4 Å². The number of aromatic nitrogens is 2. The Morgan fingerprint density at radius 3 is 2.68 bits per heavy atom. The summed E-state index contributed by atoms with van der Waals surface area (Å²) < 4.78 is 0. The van der Waals surface area contributed by atoms with Crippen LogP contribution in [0.4, 0.5) is 5.82 Å². The maximum absolute atomic E-state index is 10.9. The molecule has 0 aliphatic heterocycles. The Morgan fingerprint density at radius 1 is 1.42 bits per heavy atom. The molecule has 1 aromatic heterocycles. The van der Waals surface area contributed by atoms with Gasteiger partial charge in [0.1, 0.15) is 17.2 Å². The van der Waals surface area contributed by atoms with Crippen LogP contribution in [0.5, 0.6) is 0 Å². The minimum atomic E-state index is -0.688. The molecule has 6 heteroatoms. The van der Waals surface area contributed by atoms with Crippen molar-refractivity contribution < 1.29 is 9.90 Å². The van der Waals surface area contributed by atoms with Crippen LogP contribution in [-0.2, 0) is 11.2 Å². The van der Waals surface area contributed by atoms with E-state index < -0.39 is 5.97 Å². The van der Waals surface area contributed by atoms with E-state index >= 15 is 0 Å². The molecule has 1 fully saturated rings. The minimum absolute atomic E-state index is 0.204. The van der Waals surface area contributed by atoms with Crippen molar-refractivity contribution in [2.75, 3.05) is 5.32 Å². The Labute approximate surface area is 117 Å². The summed E-state index contributed by atoms with van der Waals surface area (Å²) in [7, 11) is 0. The van der Waals surface area contributed by atoms with E-state index in [1.807, 2.05) is 6.92 Å². The van der Waals surface area contributed by atoms with Crippen molar-refractivity contribution in [1.29, 1.82) is 0 Å². The molecule has 0 aromatic carbocycles. The van der Waals surface area contributed by atoms with Gasteiger partial charge >= 0.3 is 5.97 Å². The number of halogens is 1. The SMILES string of the molecule is CCc1ncnc(NC2CCC(C(=O)O)CC2)c1Cl. The fraction of sp³-hybridized carbons (Fsp3) is 0.615. The molecule has 1 aromatic rings. The number of aryl methyl sites for hydroxylation is 1. The van der Waals surface area contributed by atoms with Gasteiger partial charge in [0, 0.05) is 6.04 Å². The van der Waals surface area contributed by atoms with Crippen molar-refractivity contribution in [1.82, 2.24) is 9.97 Å². The molecule has 0 atom stereocenters. The van der Waals surface area contributed by atoms with E-state index in [0.29, 0.717) is 23.7 Å². The summed E-state index contributed by atoms with van der Waals surface area (Å²) in [4.78, 5) is 19.2. The van der Waals surface area contributed by atoms with Crippen LogP contribution in [0.2, 0.25) is 5.02 Å². The fourth-order valence-electron chi connectivity index (χ4n) is 2.43. The first-order valence-electron chi connectivity index (χ1n) is 6.60. The maximum Gasteiger partial charge on any atom is 0.306 e. The number of carbonyl (C=O) groups is 1. The quantitative estimate of drug-likeness (QED) is 0.889. The van der Waals surface area contributed by atoms with Crippen LogP contribution in [0.1, 0.15) is 38.3 Å². The van der Waals surface area contributed by atoms with Crippen molar-refractivity contribution in [2.24, 2.45) is 5.92 Å². The molecule has 19 heavy (non-hydrogen) atoms. The Morgan fingerprint density at radius 2 is 2.11 bits per heavy atom. The largest absolute Gasteiger partial charge is 0.481 e. The normalized spacial score (nSPS) is 23.1. The van der Waals surface area contributed by atoms with Crippen molar-refractivity contribution in [3.8, 4) is 0 Å². The van der Waals surface area contributed by atoms with E-state index in [1.165, 1.54) is 6.33 Å². The Bertz CT molecular complexity index is 459. The molecule has 0 saturated heterocycles. The number of nitrogens with one attached hydrogen (secondary N) is 1. The number of carboxylic acids is 1. The highest BCUT2D eigenvalue weighted by atomic mass is 35.5. The van der Waals surface area contributed by atoms with Gasteiger partial charge in [0.15, 0.2) is 0 Å². The summed E-state index contributed by atoms with van der Waals surface area (Å²) in [6, 6.07) is 0.243. The summed E-state index contributed by atoms with van der Waals surface area (Å²) in [5.74, 6) is -0.232. The van der Waals surface area contributed by atoms with Crippen LogP contribution in [0.15, 0.2) is 6.33 Å². The second-order valence-corrected chi connectivity index (χ2v) is 5.25. The van der Waals surface area contributed by atoms with E-state index in [0.717, 1.165) is 25.0 Å². The Hall–Kier alpha value is -1.36. The number of rotatable bonds is 4. The topological polar surface area (TPSA) is 75.1 Å². The van der Waals surface area contributed by atoms with Crippen LogP contribution in [0.25, 0.3) is 0 Å². The number of aliphatic carboxylic acids is 1. The van der Waals surface area contributed by atoms with Crippen LogP contribution >= 0.6 is 11.6 Å². The van der Waals surface area contributed by atoms with E-state index in [9.17, 15) is 4.79 Å². The average Bonchev–Trinajstić information content (AvgIpc) is 2.42. The summed E-state index contributed by atoms with van der Waals surface area (Å²) >= 11 is 6.23. The van der Waals surface area contributed by atoms with Gasteiger partial charge in [-0.05, 0) is 32.1 Å². The molecule has 1 aliphatic carbocycles. The molecule has 1 aliphatic rings. The lowest BCUT2D eigenvalue weighted by Crippen LogP contribution is -2.29. The van der Waals surface area contributed by atoms with Gasteiger partial charge in [-0.2, -0.15) is 0 Å². The third kappa shape index (κ3) is 3.35. The first-order valence-corrected chi connectivity index (χ1v) is 6.98. The number of carboxylic acid groups (broad SMARTS) is 1. The summed E-state index contributed by atoms with van der Waals surface area (Å²) in [6.45, 7) is 2.00. The highest BCUT2D eigenvalue weighted by molar-refractivity contribution is 6.33. The fourth-order valence-corrected chi connectivity index (χ4v) is 2.72. The van der Waals surface area contributed by atoms with Gasteiger partial charge in [0.2, 0.25) is 0 Å². The number of hydrogen-bond donors (Lipinski definition) is 2. The van der Waals surface area contributed by atoms with Crippen LogP contribution in [0, 0.1) is 5.92 Å². The predicted octanol–water partition coefficient (Wildman–Crippen LogP) is 2.75. The zero-order chi connectivity index (χ0) is 13.8. The van der Waals surface area contributed by atoms with Gasteiger partial charge in [0.05, 0.1) is 11.6 Å². The molecule has 0 unspecified atom stereocenters. The first-order chi connectivity index (χ1) is 9.11.